The summed E-state index contributed by atoms with van der Waals surface area (Å²) in [7, 11) is 1.60. The molecule has 1 rings (SSSR count). The van der Waals surface area contributed by atoms with Crippen molar-refractivity contribution >= 4 is 33.2 Å². The van der Waals surface area contributed by atoms with Gasteiger partial charge in [0.1, 0.15) is 5.75 Å². The van der Waals surface area contributed by atoms with Crippen LogP contribution in [0.25, 0.3) is 0 Å². The second-order valence-electron chi connectivity index (χ2n) is 2.44. The monoisotopic (exact) mass is 249 g/mol. The Kier molecular flexibility index (Phi) is 2.85. The van der Waals surface area contributed by atoms with Crippen molar-refractivity contribution in [3.63, 3.8) is 0 Å². The summed E-state index contributed by atoms with van der Waals surface area (Å²) in [6.07, 6.45) is 0. The molecule has 0 radical (unpaired) electrons. The van der Waals surface area contributed by atoms with Crippen LogP contribution in [0, 0.1) is 6.92 Å². The number of nitrogen functional groups attached to an aromatic ring is 1. The molecule has 0 aliphatic carbocycles. The molecule has 0 aliphatic heterocycles. The van der Waals surface area contributed by atoms with Gasteiger partial charge in [0.2, 0.25) is 0 Å². The van der Waals surface area contributed by atoms with E-state index in [1.54, 1.807) is 13.2 Å². The van der Waals surface area contributed by atoms with Crippen LogP contribution in [0.15, 0.2) is 10.5 Å². The summed E-state index contributed by atoms with van der Waals surface area (Å²) in [6.45, 7) is 1.91. The van der Waals surface area contributed by atoms with Crippen molar-refractivity contribution < 1.29 is 4.74 Å². The normalized spacial score (nSPS) is 10.0. The van der Waals surface area contributed by atoms with Gasteiger partial charge in [-0.2, -0.15) is 0 Å². The first-order valence-corrected chi connectivity index (χ1v) is 4.53. The van der Waals surface area contributed by atoms with Crippen LogP contribution in [0.4, 0.5) is 5.69 Å². The van der Waals surface area contributed by atoms with Gasteiger partial charge in [0.25, 0.3) is 0 Å². The topological polar surface area (TPSA) is 35.2 Å². The molecule has 0 aliphatic rings. The Morgan fingerprint density at radius 1 is 1.58 bits per heavy atom. The second-order valence-corrected chi connectivity index (χ2v) is 3.61. The lowest BCUT2D eigenvalue weighted by Gasteiger charge is -2.10. The van der Waals surface area contributed by atoms with Gasteiger partial charge in [-0.15, -0.1) is 0 Å². The summed E-state index contributed by atoms with van der Waals surface area (Å²) in [5.74, 6) is 0.731. The lowest BCUT2D eigenvalue weighted by molar-refractivity contribution is 0.409. The standard InChI is InChI=1S/C8H9BrClNO/c1-4-3-5(11)7(10)6(9)8(4)12-2/h3H,11H2,1-2H3. The first-order valence-electron chi connectivity index (χ1n) is 3.36. The maximum Gasteiger partial charge on any atom is 0.137 e. The molecular formula is C8H9BrClNO. The van der Waals surface area contributed by atoms with Crippen LogP contribution in [0.5, 0.6) is 5.75 Å². The Morgan fingerprint density at radius 3 is 2.67 bits per heavy atom. The molecule has 0 fully saturated rings. The van der Waals surface area contributed by atoms with Gasteiger partial charge < -0.3 is 10.5 Å². The molecule has 0 spiro atoms. The lowest BCUT2D eigenvalue weighted by Crippen LogP contribution is -1.94. The van der Waals surface area contributed by atoms with E-state index in [4.69, 9.17) is 22.1 Å². The Balaban J connectivity index is 3.40. The highest BCUT2D eigenvalue weighted by molar-refractivity contribution is 9.10. The molecule has 12 heavy (non-hydrogen) atoms. The minimum Gasteiger partial charge on any atom is -0.495 e. The smallest absolute Gasteiger partial charge is 0.137 e. The molecular weight excluding hydrogens is 241 g/mol. The van der Waals surface area contributed by atoms with Gasteiger partial charge in [-0.3, -0.25) is 0 Å². The van der Waals surface area contributed by atoms with E-state index in [9.17, 15) is 0 Å². The van der Waals surface area contributed by atoms with Crippen LogP contribution in [0.1, 0.15) is 5.56 Å². The van der Waals surface area contributed by atoms with E-state index in [-0.39, 0.29) is 0 Å². The summed E-state index contributed by atoms with van der Waals surface area (Å²) < 4.78 is 5.84. The molecule has 4 heteroatoms. The second kappa shape index (κ2) is 3.54. The molecule has 1 aromatic carbocycles. The number of hydrogen-bond acceptors (Lipinski definition) is 2. The van der Waals surface area contributed by atoms with E-state index in [1.165, 1.54) is 0 Å². The quantitative estimate of drug-likeness (QED) is 0.778. The highest BCUT2D eigenvalue weighted by atomic mass is 79.9. The van der Waals surface area contributed by atoms with Gasteiger partial charge in [-0.1, -0.05) is 11.6 Å². The van der Waals surface area contributed by atoms with E-state index in [1.807, 2.05) is 6.92 Å². The van der Waals surface area contributed by atoms with E-state index in [2.05, 4.69) is 15.9 Å². The highest BCUT2D eigenvalue weighted by Crippen LogP contribution is 2.38. The van der Waals surface area contributed by atoms with E-state index in [0.717, 1.165) is 11.3 Å². The third kappa shape index (κ3) is 1.52. The molecule has 0 amide bonds. The van der Waals surface area contributed by atoms with Crippen molar-refractivity contribution in [1.82, 2.24) is 0 Å². The fraction of sp³-hybridized carbons (Fsp3) is 0.250. The number of methoxy groups -OCH3 is 1. The minimum atomic E-state index is 0.498. The van der Waals surface area contributed by atoms with Gasteiger partial charge in [0.05, 0.1) is 22.3 Å². The van der Waals surface area contributed by atoms with E-state index >= 15 is 0 Å². The fourth-order valence-corrected chi connectivity index (χ4v) is 1.86. The minimum absolute atomic E-state index is 0.498. The van der Waals surface area contributed by atoms with Crippen LogP contribution in [-0.4, -0.2) is 7.11 Å². The first kappa shape index (κ1) is 9.68. The van der Waals surface area contributed by atoms with Gasteiger partial charge in [-0.25, -0.2) is 0 Å². The molecule has 0 unspecified atom stereocenters. The van der Waals surface area contributed by atoms with E-state index in [0.29, 0.717) is 15.2 Å². The van der Waals surface area contributed by atoms with Crippen LogP contribution >= 0.6 is 27.5 Å². The predicted molar refractivity (Wildman–Crippen MR) is 54.9 cm³/mol. The van der Waals surface area contributed by atoms with Crippen molar-refractivity contribution in [3.05, 3.63) is 21.1 Å². The summed E-state index contributed by atoms with van der Waals surface area (Å²) in [5.41, 5.74) is 7.15. The summed E-state index contributed by atoms with van der Waals surface area (Å²) in [6, 6.07) is 1.78. The van der Waals surface area contributed by atoms with Crippen molar-refractivity contribution in [1.29, 1.82) is 0 Å². The van der Waals surface area contributed by atoms with Crippen LogP contribution < -0.4 is 10.5 Å². The molecule has 0 aromatic heterocycles. The average Bonchev–Trinajstić information content (AvgIpc) is 2.01. The molecule has 66 valence electrons. The zero-order valence-corrected chi connectivity index (χ0v) is 9.16. The zero-order chi connectivity index (χ0) is 9.30. The molecule has 0 bridgehead atoms. The average molecular weight is 251 g/mol. The number of nitrogens with two attached hydrogens (primary N) is 1. The maximum atomic E-state index is 5.88. The van der Waals surface area contributed by atoms with Crippen LogP contribution in [0.3, 0.4) is 0 Å². The van der Waals surface area contributed by atoms with Crippen molar-refractivity contribution in [3.8, 4) is 5.75 Å². The number of aryl methyl sites for hydroxylation is 1. The largest absolute Gasteiger partial charge is 0.495 e. The fourth-order valence-electron chi connectivity index (χ4n) is 1.01. The molecule has 2 nitrogen and oxygen atoms in total. The van der Waals surface area contributed by atoms with Crippen molar-refractivity contribution in [2.75, 3.05) is 12.8 Å². The number of halogens is 2. The molecule has 2 N–H and O–H groups in total. The summed E-state index contributed by atoms with van der Waals surface area (Å²) in [5, 5.41) is 0.498. The predicted octanol–water partition coefficient (Wildman–Crippen LogP) is 3.00. The number of ether oxygens (including phenoxy) is 1. The SMILES string of the molecule is COc1c(C)cc(N)c(Cl)c1Br. The Labute approximate surface area is 84.8 Å². The van der Waals surface area contributed by atoms with Gasteiger partial charge in [0, 0.05) is 0 Å². The van der Waals surface area contributed by atoms with Crippen molar-refractivity contribution in [2.24, 2.45) is 0 Å². The molecule has 1 aromatic rings. The number of rotatable bonds is 1. The molecule has 0 atom stereocenters. The maximum absolute atomic E-state index is 5.88. The van der Waals surface area contributed by atoms with Crippen LogP contribution in [0.2, 0.25) is 5.02 Å². The Morgan fingerprint density at radius 2 is 2.17 bits per heavy atom. The van der Waals surface area contributed by atoms with Gasteiger partial charge in [-0.05, 0) is 34.5 Å². The lowest BCUT2D eigenvalue weighted by atomic mass is 10.2. The first-order chi connectivity index (χ1) is 5.57. The Bertz CT molecular complexity index is 314. The summed E-state index contributed by atoms with van der Waals surface area (Å²) in [4.78, 5) is 0. The third-order valence-electron chi connectivity index (χ3n) is 1.58. The highest BCUT2D eigenvalue weighted by Gasteiger charge is 2.10. The Hall–Kier alpha value is -0.410. The van der Waals surface area contributed by atoms with Gasteiger partial charge in [0.15, 0.2) is 0 Å². The molecule has 0 heterocycles. The number of benzene rings is 1. The summed E-state index contributed by atoms with van der Waals surface area (Å²) >= 11 is 9.19. The van der Waals surface area contributed by atoms with Crippen molar-refractivity contribution in [2.45, 2.75) is 6.92 Å². The number of hydrogen-bond donors (Lipinski definition) is 1. The van der Waals surface area contributed by atoms with Gasteiger partial charge >= 0.3 is 0 Å². The molecule has 0 saturated heterocycles. The third-order valence-corrected chi connectivity index (χ3v) is 2.97. The van der Waals surface area contributed by atoms with E-state index < -0.39 is 0 Å². The molecule has 0 saturated carbocycles. The zero-order valence-electron chi connectivity index (χ0n) is 6.82. The number of anilines is 1. The van der Waals surface area contributed by atoms with Crippen LogP contribution in [-0.2, 0) is 0 Å².